The molecule has 0 spiro atoms. The lowest BCUT2D eigenvalue weighted by Crippen LogP contribution is -2.58. The van der Waals surface area contributed by atoms with Crippen molar-refractivity contribution in [2.24, 2.45) is 0 Å². The molecule has 2 heterocycles. The van der Waals surface area contributed by atoms with E-state index in [4.69, 9.17) is 9.47 Å². The highest BCUT2D eigenvalue weighted by Gasteiger charge is 2.42. The van der Waals surface area contributed by atoms with E-state index in [1.807, 2.05) is 0 Å². The number of rotatable bonds is 3. The second-order valence-electron chi connectivity index (χ2n) is 5.64. The van der Waals surface area contributed by atoms with E-state index in [-0.39, 0.29) is 25.0 Å². The Bertz CT molecular complexity index is 389. The van der Waals surface area contributed by atoms with E-state index in [0.29, 0.717) is 12.2 Å². The Hall–Kier alpha value is -0.540. The van der Waals surface area contributed by atoms with Crippen molar-refractivity contribution >= 4 is 0 Å². The molecule has 7 nitrogen and oxygen atoms in total. The van der Waals surface area contributed by atoms with Crippen LogP contribution in [0.15, 0.2) is 11.6 Å². The largest absolute Gasteiger partial charge is 0.392 e. The second kappa shape index (κ2) is 5.69. The van der Waals surface area contributed by atoms with Gasteiger partial charge in [0.05, 0.1) is 25.4 Å². The number of nitrogens with one attached hydrogen (secondary N) is 1. The zero-order chi connectivity index (χ0) is 14.3. The molecule has 3 rings (SSSR count). The van der Waals surface area contributed by atoms with Gasteiger partial charge in [-0.15, -0.1) is 0 Å². The van der Waals surface area contributed by atoms with Gasteiger partial charge in [0.25, 0.3) is 0 Å². The fourth-order valence-corrected chi connectivity index (χ4v) is 3.12. The SMILES string of the molecule is OCC1=CC(NC2CCC3OCC2O3)C(O)C(O)C1O. The molecule has 0 aromatic carbocycles. The third-order valence-electron chi connectivity index (χ3n) is 4.34. The lowest BCUT2D eigenvalue weighted by molar-refractivity contribution is -0.0978. The predicted octanol–water partition coefficient (Wildman–Crippen LogP) is -2.14. The summed E-state index contributed by atoms with van der Waals surface area (Å²) in [6.45, 7) is 0.172. The molecule has 2 bridgehead atoms. The average molecular weight is 287 g/mol. The van der Waals surface area contributed by atoms with Gasteiger partial charge in [-0.1, -0.05) is 6.08 Å². The summed E-state index contributed by atoms with van der Waals surface area (Å²) in [5.74, 6) is 0. The van der Waals surface area contributed by atoms with Crippen molar-refractivity contribution in [2.45, 2.75) is 55.6 Å². The number of ether oxygens (including phenoxy) is 2. The minimum atomic E-state index is -1.31. The van der Waals surface area contributed by atoms with Gasteiger partial charge in [0.1, 0.15) is 18.3 Å². The first-order chi connectivity index (χ1) is 9.60. The van der Waals surface area contributed by atoms with Crippen LogP contribution >= 0.6 is 0 Å². The van der Waals surface area contributed by atoms with Crippen molar-refractivity contribution in [3.8, 4) is 0 Å². The van der Waals surface area contributed by atoms with Crippen molar-refractivity contribution in [1.29, 1.82) is 0 Å². The Balaban J connectivity index is 1.70. The number of fused-ring (bicyclic) bond motifs is 2. The van der Waals surface area contributed by atoms with Crippen molar-refractivity contribution in [1.82, 2.24) is 5.32 Å². The smallest absolute Gasteiger partial charge is 0.158 e. The summed E-state index contributed by atoms with van der Waals surface area (Å²) < 4.78 is 11.1. The van der Waals surface area contributed by atoms with Crippen LogP contribution in [0, 0.1) is 0 Å². The molecule has 7 unspecified atom stereocenters. The number of aliphatic hydroxyl groups is 4. The fraction of sp³-hybridized carbons (Fsp3) is 0.846. The summed E-state index contributed by atoms with van der Waals surface area (Å²) in [4.78, 5) is 0. The first-order valence-corrected chi connectivity index (χ1v) is 6.99. The van der Waals surface area contributed by atoms with Gasteiger partial charge in [0, 0.05) is 6.04 Å². The van der Waals surface area contributed by atoms with Crippen LogP contribution < -0.4 is 5.32 Å². The maximum Gasteiger partial charge on any atom is 0.158 e. The minimum absolute atomic E-state index is 0.0204. The molecular formula is C13H21NO6. The molecule has 0 saturated carbocycles. The van der Waals surface area contributed by atoms with Crippen molar-refractivity contribution < 1.29 is 29.9 Å². The Morgan fingerprint density at radius 1 is 1.20 bits per heavy atom. The number of hydrogen-bond donors (Lipinski definition) is 5. The van der Waals surface area contributed by atoms with Crippen molar-refractivity contribution in [2.75, 3.05) is 13.2 Å². The lowest BCUT2D eigenvalue weighted by Gasteiger charge is -2.38. The molecule has 5 N–H and O–H groups in total. The molecule has 2 saturated heterocycles. The van der Waals surface area contributed by atoms with Crippen LogP contribution in [0.1, 0.15) is 12.8 Å². The van der Waals surface area contributed by atoms with Gasteiger partial charge in [-0.05, 0) is 18.4 Å². The first kappa shape index (κ1) is 14.4. The molecule has 0 amide bonds. The minimum Gasteiger partial charge on any atom is -0.392 e. The topological polar surface area (TPSA) is 111 Å². The van der Waals surface area contributed by atoms with Gasteiger partial charge in [0.2, 0.25) is 0 Å². The van der Waals surface area contributed by atoms with Crippen LogP contribution in [0.2, 0.25) is 0 Å². The van der Waals surface area contributed by atoms with Crippen LogP contribution in [0.5, 0.6) is 0 Å². The molecular weight excluding hydrogens is 266 g/mol. The van der Waals surface area contributed by atoms with Gasteiger partial charge < -0.3 is 35.2 Å². The third kappa shape index (κ3) is 2.50. The van der Waals surface area contributed by atoms with Gasteiger partial charge >= 0.3 is 0 Å². The van der Waals surface area contributed by atoms with Gasteiger partial charge in [-0.25, -0.2) is 0 Å². The molecule has 7 heteroatoms. The highest BCUT2D eigenvalue weighted by molar-refractivity contribution is 5.22. The predicted molar refractivity (Wildman–Crippen MR) is 67.7 cm³/mol. The van der Waals surface area contributed by atoms with E-state index in [1.54, 1.807) is 6.08 Å². The molecule has 2 aliphatic heterocycles. The lowest BCUT2D eigenvalue weighted by atomic mass is 9.87. The van der Waals surface area contributed by atoms with Crippen LogP contribution in [0.3, 0.4) is 0 Å². The molecule has 7 atom stereocenters. The average Bonchev–Trinajstić information content (AvgIpc) is 2.85. The molecule has 3 aliphatic rings. The molecule has 114 valence electrons. The second-order valence-corrected chi connectivity index (χ2v) is 5.64. The van der Waals surface area contributed by atoms with Gasteiger partial charge in [0.15, 0.2) is 6.29 Å². The monoisotopic (exact) mass is 287 g/mol. The summed E-state index contributed by atoms with van der Waals surface area (Å²) in [7, 11) is 0. The van der Waals surface area contributed by atoms with Crippen LogP contribution in [-0.2, 0) is 9.47 Å². The van der Waals surface area contributed by atoms with E-state index in [9.17, 15) is 20.4 Å². The van der Waals surface area contributed by atoms with Gasteiger partial charge in [-0.3, -0.25) is 0 Å². The third-order valence-corrected chi connectivity index (χ3v) is 4.34. The Morgan fingerprint density at radius 2 is 2.00 bits per heavy atom. The summed E-state index contributed by atoms with van der Waals surface area (Å²) in [5.41, 5.74) is 0.317. The number of aliphatic hydroxyl groups excluding tert-OH is 4. The Morgan fingerprint density at radius 3 is 2.75 bits per heavy atom. The van der Waals surface area contributed by atoms with Crippen LogP contribution in [-0.4, -0.2) is 76.4 Å². The molecule has 0 radical (unpaired) electrons. The quantitative estimate of drug-likeness (QED) is 0.377. The van der Waals surface area contributed by atoms with E-state index in [1.165, 1.54) is 0 Å². The summed E-state index contributed by atoms with van der Waals surface area (Å²) >= 11 is 0. The fourth-order valence-electron chi connectivity index (χ4n) is 3.12. The molecule has 20 heavy (non-hydrogen) atoms. The van der Waals surface area contributed by atoms with E-state index >= 15 is 0 Å². The standard InChI is InChI=1S/C13H21NO6/c15-4-6-3-8(12(17)13(18)11(6)16)14-7-1-2-10-19-5-9(7)20-10/h3,7-18H,1-2,4-5H2. The van der Waals surface area contributed by atoms with E-state index < -0.39 is 24.4 Å². The van der Waals surface area contributed by atoms with E-state index in [2.05, 4.69) is 5.32 Å². The highest BCUT2D eigenvalue weighted by atomic mass is 16.7. The maximum absolute atomic E-state index is 10.1. The van der Waals surface area contributed by atoms with E-state index in [0.717, 1.165) is 12.8 Å². The molecule has 0 aromatic rings. The van der Waals surface area contributed by atoms with Gasteiger partial charge in [-0.2, -0.15) is 0 Å². The molecule has 0 aromatic heterocycles. The maximum atomic E-state index is 10.1. The zero-order valence-electron chi connectivity index (χ0n) is 11.1. The van der Waals surface area contributed by atoms with Crippen molar-refractivity contribution in [3.05, 3.63) is 11.6 Å². The number of hydrogen-bond acceptors (Lipinski definition) is 7. The first-order valence-electron chi connectivity index (χ1n) is 6.99. The van der Waals surface area contributed by atoms with Crippen LogP contribution in [0.25, 0.3) is 0 Å². The summed E-state index contributed by atoms with van der Waals surface area (Å²) in [6.07, 6.45) is -0.601. The molecule has 1 aliphatic carbocycles. The Labute approximate surface area is 116 Å². The molecule has 2 fully saturated rings. The summed E-state index contributed by atoms with van der Waals surface area (Å²) in [6, 6.07) is -0.506. The van der Waals surface area contributed by atoms with Crippen LogP contribution in [0.4, 0.5) is 0 Å². The zero-order valence-corrected chi connectivity index (χ0v) is 11.1. The Kier molecular flexibility index (Phi) is 4.09. The van der Waals surface area contributed by atoms with Crippen molar-refractivity contribution in [3.63, 3.8) is 0 Å². The highest BCUT2D eigenvalue weighted by Crippen LogP contribution is 2.28. The normalized spacial score (nSPS) is 48.2. The summed E-state index contributed by atoms with van der Waals surface area (Å²) in [5, 5.41) is 42.0.